The molecule has 1 fully saturated rings. The number of piperidine rings is 1. The van der Waals surface area contributed by atoms with Gasteiger partial charge in [-0.15, -0.1) is 5.10 Å². The average molecular weight is 395 g/mol. The summed E-state index contributed by atoms with van der Waals surface area (Å²) in [5, 5.41) is 8.68. The minimum atomic E-state index is -0.153. The smallest absolute Gasteiger partial charge is 0.276 e. The summed E-state index contributed by atoms with van der Waals surface area (Å²) in [6.45, 7) is 1.06. The van der Waals surface area contributed by atoms with Gasteiger partial charge in [0.25, 0.3) is 5.91 Å². The molecule has 3 aromatic rings. The van der Waals surface area contributed by atoms with Gasteiger partial charge in [0.1, 0.15) is 0 Å². The Hall–Kier alpha value is -2.99. The van der Waals surface area contributed by atoms with E-state index in [0.717, 1.165) is 5.69 Å². The maximum atomic E-state index is 12.7. The van der Waals surface area contributed by atoms with Gasteiger partial charge < -0.3 is 4.90 Å². The molecule has 2 heterocycles. The highest BCUT2D eigenvalue weighted by Gasteiger charge is 2.29. The summed E-state index contributed by atoms with van der Waals surface area (Å²) in [5.74, 6) is -0.122. The van der Waals surface area contributed by atoms with Crippen LogP contribution < -0.4 is 0 Å². The van der Waals surface area contributed by atoms with Gasteiger partial charge in [-0.2, -0.15) is 0 Å². The number of amides is 1. The zero-order valence-electron chi connectivity index (χ0n) is 15.2. The molecular formula is C21H19ClN4O2. The molecule has 7 heteroatoms. The van der Waals surface area contributed by atoms with Gasteiger partial charge in [0.2, 0.25) is 0 Å². The van der Waals surface area contributed by atoms with Gasteiger partial charge >= 0.3 is 0 Å². The zero-order valence-corrected chi connectivity index (χ0v) is 15.9. The first kappa shape index (κ1) is 18.4. The molecule has 0 radical (unpaired) electrons. The number of carbonyl (C=O) groups excluding carboxylic acids is 2. The van der Waals surface area contributed by atoms with Gasteiger partial charge in [0.05, 0.1) is 11.9 Å². The van der Waals surface area contributed by atoms with Crippen LogP contribution >= 0.6 is 11.6 Å². The number of halogens is 1. The van der Waals surface area contributed by atoms with Crippen molar-refractivity contribution in [2.45, 2.75) is 12.8 Å². The number of ketones is 1. The predicted molar refractivity (Wildman–Crippen MR) is 106 cm³/mol. The summed E-state index contributed by atoms with van der Waals surface area (Å²) < 4.78 is 1.59. The lowest BCUT2D eigenvalue weighted by Gasteiger charge is -2.30. The van der Waals surface area contributed by atoms with Crippen LogP contribution in [-0.4, -0.2) is 44.7 Å². The summed E-state index contributed by atoms with van der Waals surface area (Å²) in [7, 11) is 0. The molecule has 1 saturated heterocycles. The molecule has 28 heavy (non-hydrogen) atoms. The Morgan fingerprint density at radius 3 is 2.32 bits per heavy atom. The normalized spacial score (nSPS) is 14.8. The first-order chi connectivity index (χ1) is 13.6. The van der Waals surface area contributed by atoms with Crippen LogP contribution in [0, 0.1) is 5.92 Å². The topological polar surface area (TPSA) is 68.1 Å². The molecule has 0 aliphatic carbocycles. The summed E-state index contributed by atoms with van der Waals surface area (Å²) in [4.78, 5) is 27.1. The number of carbonyl (C=O) groups is 2. The minimum Gasteiger partial charge on any atom is -0.337 e. The molecule has 6 nitrogen and oxygen atoms in total. The van der Waals surface area contributed by atoms with E-state index in [4.69, 9.17) is 11.6 Å². The highest BCUT2D eigenvalue weighted by Crippen LogP contribution is 2.23. The maximum absolute atomic E-state index is 12.7. The quantitative estimate of drug-likeness (QED) is 0.633. The Kier molecular flexibility index (Phi) is 5.21. The molecular weight excluding hydrogens is 376 g/mol. The van der Waals surface area contributed by atoms with E-state index in [1.54, 1.807) is 40.0 Å². The lowest BCUT2D eigenvalue weighted by atomic mass is 9.89. The van der Waals surface area contributed by atoms with E-state index in [0.29, 0.717) is 42.2 Å². The Morgan fingerprint density at radius 2 is 1.64 bits per heavy atom. The Bertz CT molecular complexity index is 977. The Labute approximate surface area is 167 Å². The number of benzene rings is 2. The van der Waals surface area contributed by atoms with Crippen molar-refractivity contribution in [3.05, 3.63) is 77.1 Å². The lowest BCUT2D eigenvalue weighted by Crippen LogP contribution is -2.40. The van der Waals surface area contributed by atoms with E-state index in [1.165, 1.54) is 0 Å². The van der Waals surface area contributed by atoms with Crippen molar-refractivity contribution in [3.63, 3.8) is 0 Å². The highest BCUT2D eigenvalue weighted by atomic mass is 35.5. The minimum absolute atomic E-state index is 0.0785. The third-order valence-electron chi connectivity index (χ3n) is 5.01. The molecule has 0 atom stereocenters. The third-order valence-corrected chi connectivity index (χ3v) is 5.27. The third kappa shape index (κ3) is 3.82. The number of nitrogens with zero attached hydrogens (tertiary/aromatic N) is 4. The first-order valence-corrected chi connectivity index (χ1v) is 9.56. The number of aromatic nitrogens is 3. The second-order valence-electron chi connectivity index (χ2n) is 6.82. The lowest BCUT2D eigenvalue weighted by molar-refractivity contribution is 0.0645. The second-order valence-corrected chi connectivity index (χ2v) is 7.26. The van der Waals surface area contributed by atoms with Gasteiger partial charge in [-0.1, -0.05) is 35.0 Å². The van der Waals surface area contributed by atoms with Gasteiger partial charge in [-0.3, -0.25) is 9.59 Å². The van der Waals surface area contributed by atoms with Crippen molar-refractivity contribution in [3.8, 4) is 5.69 Å². The van der Waals surface area contributed by atoms with Crippen molar-refractivity contribution >= 4 is 23.3 Å². The van der Waals surface area contributed by atoms with Crippen molar-refractivity contribution in [1.82, 2.24) is 19.9 Å². The van der Waals surface area contributed by atoms with Crippen molar-refractivity contribution in [1.29, 1.82) is 0 Å². The van der Waals surface area contributed by atoms with Crippen molar-refractivity contribution in [2.24, 2.45) is 5.92 Å². The summed E-state index contributed by atoms with van der Waals surface area (Å²) in [6, 6.07) is 16.5. The number of rotatable bonds is 4. The number of hydrogen-bond acceptors (Lipinski definition) is 4. The van der Waals surface area contributed by atoms with Crippen LogP contribution in [-0.2, 0) is 0 Å². The van der Waals surface area contributed by atoms with Crippen LogP contribution in [0.25, 0.3) is 5.69 Å². The largest absolute Gasteiger partial charge is 0.337 e. The fourth-order valence-corrected chi connectivity index (χ4v) is 3.55. The predicted octanol–water partition coefficient (Wildman–Crippen LogP) is 3.66. The molecule has 4 rings (SSSR count). The van der Waals surface area contributed by atoms with E-state index in [1.807, 2.05) is 30.3 Å². The maximum Gasteiger partial charge on any atom is 0.276 e. The summed E-state index contributed by atoms with van der Waals surface area (Å²) >= 11 is 5.89. The van der Waals surface area contributed by atoms with Crippen LogP contribution in [0.15, 0.2) is 60.8 Å². The number of Topliss-reactive ketones (excluding diaryl/α,β-unsaturated/α-hetero) is 1. The van der Waals surface area contributed by atoms with E-state index in [2.05, 4.69) is 10.3 Å². The average Bonchev–Trinajstić information content (AvgIpc) is 3.24. The molecule has 142 valence electrons. The monoisotopic (exact) mass is 394 g/mol. The van der Waals surface area contributed by atoms with Gasteiger partial charge in [0, 0.05) is 29.6 Å². The summed E-state index contributed by atoms with van der Waals surface area (Å²) in [6.07, 6.45) is 2.92. The molecule has 1 amide bonds. The van der Waals surface area contributed by atoms with E-state index >= 15 is 0 Å². The van der Waals surface area contributed by atoms with Gasteiger partial charge in [0.15, 0.2) is 11.5 Å². The molecule has 0 unspecified atom stereocenters. The van der Waals surface area contributed by atoms with Crippen LogP contribution in [0.3, 0.4) is 0 Å². The van der Waals surface area contributed by atoms with Crippen LogP contribution in [0.1, 0.15) is 33.7 Å². The number of likely N-dealkylation sites (tertiary alicyclic amines) is 1. The van der Waals surface area contributed by atoms with E-state index in [-0.39, 0.29) is 17.6 Å². The SMILES string of the molecule is O=C(c1ccc(Cl)cc1)C1CCN(C(=O)c2cn(-c3ccccc3)nn2)CC1. The Balaban J connectivity index is 1.38. The molecule has 0 N–H and O–H groups in total. The second kappa shape index (κ2) is 7.94. The van der Waals surface area contributed by atoms with E-state index in [9.17, 15) is 9.59 Å². The van der Waals surface area contributed by atoms with Crippen molar-refractivity contribution < 1.29 is 9.59 Å². The van der Waals surface area contributed by atoms with Gasteiger partial charge in [-0.05, 0) is 49.2 Å². The Morgan fingerprint density at radius 1 is 0.964 bits per heavy atom. The standard InChI is InChI=1S/C21H19ClN4O2/c22-17-8-6-15(7-9-17)20(27)16-10-12-25(13-11-16)21(28)19-14-26(24-23-19)18-4-2-1-3-5-18/h1-9,14,16H,10-13H2. The first-order valence-electron chi connectivity index (χ1n) is 9.18. The molecule has 1 aliphatic rings. The zero-order chi connectivity index (χ0) is 19.5. The molecule has 2 aromatic carbocycles. The fourth-order valence-electron chi connectivity index (χ4n) is 3.43. The molecule has 0 bridgehead atoms. The molecule has 0 spiro atoms. The van der Waals surface area contributed by atoms with Crippen LogP contribution in [0.2, 0.25) is 5.02 Å². The van der Waals surface area contributed by atoms with Crippen LogP contribution in [0.4, 0.5) is 0 Å². The highest BCUT2D eigenvalue weighted by molar-refractivity contribution is 6.30. The summed E-state index contributed by atoms with van der Waals surface area (Å²) in [5.41, 5.74) is 1.83. The van der Waals surface area contributed by atoms with Crippen molar-refractivity contribution in [2.75, 3.05) is 13.1 Å². The van der Waals surface area contributed by atoms with Gasteiger partial charge in [-0.25, -0.2) is 4.68 Å². The van der Waals surface area contributed by atoms with Crippen LogP contribution in [0.5, 0.6) is 0 Å². The molecule has 1 aromatic heterocycles. The number of para-hydroxylation sites is 1. The fraction of sp³-hybridized carbons (Fsp3) is 0.238. The van der Waals surface area contributed by atoms with E-state index < -0.39 is 0 Å². The molecule has 0 saturated carbocycles. The molecule has 1 aliphatic heterocycles. The number of hydrogen-bond donors (Lipinski definition) is 0.